The van der Waals surface area contributed by atoms with Gasteiger partial charge in [-0.25, -0.2) is 4.79 Å². The summed E-state index contributed by atoms with van der Waals surface area (Å²) >= 11 is 0. The fourth-order valence-corrected chi connectivity index (χ4v) is 3.63. The summed E-state index contributed by atoms with van der Waals surface area (Å²) in [5.74, 6) is 0.754. The largest absolute Gasteiger partial charge is 0.427 e. The van der Waals surface area contributed by atoms with E-state index in [2.05, 4.69) is 27.7 Å². The highest BCUT2D eigenvalue weighted by molar-refractivity contribution is 5.71. The second-order valence-electron chi connectivity index (χ2n) is 8.68. The molecule has 0 spiro atoms. The first-order chi connectivity index (χ1) is 16.3. The monoisotopic (exact) mass is 469 g/mol. The lowest BCUT2D eigenvalue weighted by atomic mass is 9.78. The van der Waals surface area contributed by atoms with Crippen LogP contribution in [0.1, 0.15) is 91.7 Å². The van der Waals surface area contributed by atoms with Crippen LogP contribution in [0.5, 0.6) is 11.5 Å². The van der Waals surface area contributed by atoms with Crippen molar-refractivity contribution < 1.29 is 19.1 Å². The molecule has 0 saturated carbocycles. The van der Waals surface area contributed by atoms with E-state index in [0.29, 0.717) is 11.5 Å². The summed E-state index contributed by atoms with van der Waals surface area (Å²) in [5, 5.41) is 0. The van der Waals surface area contributed by atoms with Gasteiger partial charge in [-0.15, -0.1) is 0 Å². The normalized spacial score (nSPS) is 12.6. The first kappa shape index (κ1) is 29.2. The van der Waals surface area contributed by atoms with Gasteiger partial charge in [0.25, 0.3) is 0 Å². The maximum atomic E-state index is 12.1. The van der Waals surface area contributed by atoms with Gasteiger partial charge in [-0.2, -0.15) is 0 Å². The van der Waals surface area contributed by atoms with Crippen LogP contribution in [0.2, 0.25) is 0 Å². The Morgan fingerprint density at radius 3 is 1.56 bits per heavy atom. The number of ether oxygens (including phenoxy) is 2. The third-order valence-corrected chi connectivity index (χ3v) is 5.69. The van der Waals surface area contributed by atoms with Crippen LogP contribution >= 0.6 is 0 Å². The molecule has 1 saturated heterocycles. The SMILES string of the molecule is CC.CC(=O)Oc1ccc(C(C)(C)c2ccc(OC(=O)N3CCCC3)cc2)cc1.CCCCC. The molecule has 0 atom stereocenters. The van der Waals surface area contributed by atoms with E-state index in [-0.39, 0.29) is 17.5 Å². The minimum Gasteiger partial charge on any atom is -0.427 e. The molecule has 1 heterocycles. The summed E-state index contributed by atoms with van der Waals surface area (Å²) in [4.78, 5) is 24.9. The Balaban J connectivity index is 0.000000733. The number of esters is 1. The number of likely N-dealkylation sites (tertiary alicyclic amines) is 1. The van der Waals surface area contributed by atoms with Crippen LogP contribution in [0.15, 0.2) is 48.5 Å². The standard InChI is InChI=1S/C22H25NO4.C5H12.C2H6/c1-16(24)26-19-10-6-17(7-11-19)22(2,3)18-8-12-20(13-9-18)27-21(25)23-14-4-5-15-23;1-3-5-4-2;1-2/h6-13H,4-5,14-15H2,1-3H3;3-5H2,1-2H3;1-2H3. The van der Waals surface area contributed by atoms with Crippen molar-refractivity contribution in [3.63, 3.8) is 0 Å². The molecule has 2 aromatic rings. The maximum absolute atomic E-state index is 12.1. The van der Waals surface area contributed by atoms with Gasteiger partial charge in [-0.1, -0.05) is 85.1 Å². The van der Waals surface area contributed by atoms with Crippen molar-refractivity contribution in [3.8, 4) is 11.5 Å². The van der Waals surface area contributed by atoms with Crippen molar-refractivity contribution >= 4 is 12.1 Å². The Morgan fingerprint density at radius 2 is 1.21 bits per heavy atom. The zero-order valence-electron chi connectivity index (χ0n) is 22.1. The number of benzene rings is 2. The summed E-state index contributed by atoms with van der Waals surface area (Å²) in [5.41, 5.74) is 1.95. The van der Waals surface area contributed by atoms with Crippen LogP contribution in [0.4, 0.5) is 4.79 Å². The van der Waals surface area contributed by atoms with E-state index in [1.807, 2.05) is 50.2 Å². The predicted molar refractivity (Wildman–Crippen MR) is 140 cm³/mol. The van der Waals surface area contributed by atoms with E-state index in [9.17, 15) is 9.59 Å². The van der Waals surface area contributed by atoms with Gasteiger partial charge >= 0.3 is 12.1 Å². The lowest BCUT2D eigenvalue weighted by molar-refractivity contribution is -0.131. The number of carbonyl (C=O) groups excluding carboxylic acids is 2. The molecule has 1 aliphatic rings. The molecule has 0 aliphatic carbocycles. The van der Waals surface area contributed by atoms with Gasteiger partial charge in [0, 0.05) is 25.4 Å². The van der Waals surface area contributed by atoms with Crippen LogP contribution in [0.3, 0.4) is 0 Å². The molecule has 0 aromatic heterocycles. The van der Waals surface area contributed by atoms with Crippen molar-refractivity contribution in [1.82, 2.24) is 4.90 Å². The van der Waals surface area contributed by atoms with Crippen LogP contribution in [0, 0.1) is 0 Å². The Bertz CT molecular complexity index is 849. The highest BCUT2D eigenvalue weighted by Crippen LogP contribution is 2.33. The number of amides is 1. The molecule has 1 aliphatic heterocycles. The molecule has 0 unspecified atom stereocenters. The molecule has 5 heteroatoms. The molecule has 5 nitrogen and oxygen atoms in total. The summed E-state index contributed by atoms with van der Waals surface area (Å²) in [6, 6.07) is 15.1. The van der Waals surface area contributed by atoms with E-state index < -0.39 is 0 Å². The summed E-state index contributed by atoms with van der Waals surface area (Å²) in [6.07, 6.45) is 5.88. The highest BCUT2D eigenvalue weighted by atomic mass is 16.6. The second kappa shape index (κ2) is 15.2. The van der Waals surface area contributed by atoms with E-state index in [0.717, 1.165) is 37.1 Å². The zero-order valence-corrected chi connectivity index (χ0v) is 22.1. The van der Waals surface area contributed by atoms with Gasteiger partial charge in [0.1, 0.15) is 11.5 Å². The fraction of sp³-hybridized carbons (Fsp3) is 0.517. The molecule has 0 radical (unpaired) electrons. The van der Waals surface area contributed by atoms with Gasteiger partial charge in [-0.3, -0.25) is 4.79 Å². The number of unbranched alkanes of at least 4 members (excludes halogenated alkanes) is 2. The van der Waals surface area contributed by atoms with Gasteiger partial charge < -0.3 is 14.4 Å². The quantitative estimate of drug-likeness (QED) is 0.320. The molecular formula is C29H43NO4. The van der Waals surface area contributed by atoms with E-state index in [1.165, 1.54) is 26.2 Å². The van der Waals surface area contributed by atoms with Crippen molar-refractivity contribution in [2.75, 3.05) is 13.1 Å². The molecule has 3 rings (SSSR count). The van der Waals surface area contributed by atoms with Gasteiger partial charge in [0.2, 0.25) is 0 Å². The van der Waals surface area contributed by atoms with Crippen molar-refractivity contribution in [2.45, 2.75) is 86.0 Å². The predicted octanol–water partition coefficient (Wildman–Crippen LogP) is 7.76. The smallest absolute Gasteiger partial charge is 0.415 e. The first-order valence-corrected chi connectivity index (χ1v) is 12.6. The number of nitrogens with zero attached hydrogens (tertiary/aromatic N) is 1. The average molecular weight is 470 g/mol. The Kier molecular flexibility index (Phi) is 13.0. The zero-order chi connectivity index (χ0) is 25.6. The summed E-state index contributed by atoms with van der Waals surface area (Å²) in [6.45, 7) is 15.6. The molecular weight excluding hydrogens is 426 g/mol. The molecule has 1 fully saturated rings. The number of hydrogen-bond acceptors (Lipinski definition) is 4. The number of carbonyl (C=O) groups is 2. The van der Waals surface area contributed by atoms with E-state index >= 15 is 0 Å². The molecule has 0 N–H and O–H groups in total. The lowest BCUT2D eigenvalue weighted by Crippen LogP contribution is -2.30. The molecule has 0 bridgehead atoms. The number of rotatable bonds is 6. The van der Waals surface area contributed by atoms with Gasteiger partial charge in [0.15, 0.2) is 0 Å². The van der Waals surface area contributed by atoms with Crippen LogP contribution in [-0.2, 0) is 10.2 Å². The average Bonchev–Trinajstić information content (AvgIpc) is 3.37. The summed E-state index contributed by atoms with van der Waals surface area (Å²) in [7, 11) is 0. The second-order valence-corrected chi connectivity index (χ2v) is 8.68. The Morgan fingerprint density at radius 1 is 0.794 bits per heavy atom. The van der Waals surface area contributed by atoms with Crippen LogP contribution < -0.4 is 9.47 Å². The van der Waals surface area contributed by atoms with Gasteiger partial charge in [0.05, 0.1) is 0 Å². The highest BCUT2D eigenvalue weighted by Gasteiger charge is 2.24. The Hall–Kier alpha value is -2.82. The molecule has 1 amide bonds. The fourth-order valence-electron chi connectivity index (χ4n) is 3.63. The summed E-state index contributed by atoms with van der Waals surface area (Å²) < 4.78 is 10.6. The molecule has 34 heavy (non-hydrogen) atoms. The topological polar surface area (TPSA) is 55.8 Å². The lowest BCUT2D eigenvalue weighted by Gasteiger charge is -2.26. The third kappa shape index (κ3) is 9.20. The van der Waals surface area contributed by atoms with Crippen molar-refractivity contribution in [2.24, 2.45) is 0 Å². The van der Waals surface area contributed by atoms with Crippen molar-refractivity contribution in [3.05, 3.63) is 59.7 Å². The Labute approximate surface area is 206 Å². The van der Waals surface area contributed by atoms with E-state index in [1.54, 1.807) is 17.0 Å². The van der Waals surface area contributed by atoms with Crippen LogP contribution in [-0.4, -0.2) is 30.1 Å². The van der Waals surface area contributed by atoms with Crippen molar-refractivity contribution in [1.29, 1.82) is 0 Å². The maximum Gasteiger partial charge on any atom is 0.415 e. The van der Waals surface area contributed by atoms with Gasteiger partial charge in [-0.05, 0) is 48.2 Å². The van der Waals surface area contributed by atoms with E-state index in [4.69, 9.17) is 9.47 Å². The third-order valence-electron chi connectivity index (χ3n) is 5.69. The first-order valence-electron chi connectivity index (χ1n) is 12.6. The number of hydrogen-bond donors (Lipinski definition) is 0. The van der Waals surface area contributed by atoms with Crippen LogP contribution in [0.25, 0.3) is 0 Å². The molecule has 188 valence electrons. The minimum absolute atomic E-state index is 0.244. The minimum atomic E-state index is -0.332. The molecule has 2 aromatic carbocycles.